The molecule has 0 saturated heterocycles. The third kappa shape index (κ3) is 2.76. The minimum Gasteiger partial charge on any atom is -0.340 e. The van der Waals surface area contributed by atoms with Gasteiger partial charge < -0.3 is 4.57 Å². The van der Waals surface area contributed by atoms with Gasteiger partial charge in [-0.05, 0) is 54.9 Å². The molecule has 0 spiro atoms. The zero-order valence-corrected chi connectivity index (χ0v) is 16.6. The molecule has 2 heterocycles. The Morgan fingerprint density at radius 1 is 1.04 bits per heavy atom. The molecule has 1 aromatic heterocycles. The van der Waals surface area contributed by atoms with Gasteiger partial charge in [0.1, 0.15) is 0 Å². The predicted molar refractivity (Wildman–Crippen MR) is 114 cm³/mol. The second kappa shape index (κ2) is 7.12. The first-order chi connectivity index (χ1) is 13.8. The number of benzene rings is 2. The Hall–Kier alpha value is -2.55. The van der Waals surface area contributed by atoms with Crippen LogP contribution in [0.1, 0.15) is 65.9 Å². The van der Waals surface area contributed by atoms with Crippen LogP contribution >= 0.6 is 0 Å². The van der Waals surface area contributed by atoms with Crippen molar-refractivity contribution in [2.45, 2.75) is 57.4 Å². The van der Waals surface area contributed by atoms with E-state index in [1.165, 1.54) is 65.4 Å². The molecule has 143 valence electrons. The molecule has 1 fully saturated rings. The monoisotopic (exact) mass is 371 g/mol. The standard InChI is InChI=1S/C25H27N2O/c1-26-25(28)19-13-14-21-22(16-19)27-15-7-11-17-8-5-6-12-20(17)24(27)23(21)18-9-3-2-4-10-18/h5-6,8,12-14,16,18H,2-4,7,9-11,15H2,1H3. The molecule has 1 aliphatic carbocycles. The summed E-state index contributed by atoms with van der Waals surface area (Å²) in [6, 6.07) is 15.1. The molecule has 1 aliphatic heterocycles. The Balaban J connectivity index is 1.81. The van der Waals surface area contributed by atoms with E-state index < -0.39 is 0 Å². The molecular weight excluding hydrogens is 344 g/mol. The Morgan fingerprint density at radius 3 is 2.68 bits per heavy atom. The van der Waals surface area contributed by atoms with Gasteiger partial charge in [0, 0.05) is 35.6 Å². The van der Waals surface area contributed by atoms with E-state index in [-0.39, 0.29) is 5.91 Å². The fourth-order valence-corrected chi connectivity index (χ4v) is 5.36. The molecule has 1 saturated carbocycles. The Morgan fingerprint density at radius 2 is 1.86 bits per heavy atom. The van der Waals surface area contributed by atoms with Crippen molar-refractivity contribution in [2.24, 2.45) is 0 Å². The molecule has 3 nitrogen and oxygen atoms in total. The highest BCUT2D eigenvalue weighted by atomic mass is 16.1. The molecule has 5 rings (SSSR count). The van der Waals surface area contributed by atoms with Crippen LogP contribution in [0.4, 0.5) is 0 Å². The predicted octanol–water partition coefficient (Wildman–Crippen LogP) is 5.68. The zero-order chi connectivity index (χ0) is 19.1. The van der Waals surface area contributed by atoms with Crippen molar-refractivity contribution in [3.05, 3.63) is 59.2 Å². The SMILES string of the molecule is C[N]C(=O)c1ccc2c(C3CCCCC3)c3n(c2c1)CCCc1ccccc1-3. The van der Waals surface area contributed by atoms with Crippen molar-refractivity contribution in [3.8, 4) is 11.3 Å². The number of aryl methyl sites for hydroxylation is 2. The smallest absolute Gasteiger partial charge is 0.272 e. The summed E-state index contributed by atoms with van der Waals surface area (Å²) in [7, 11) is 1.58. The highest BCUT2D eigenvalue weighted by Gasteiger charge is 2.28. The van der Waals surface area contributed by atoms with Crippen LogP contribution in [0, 0.1) is 0 Å². The Bertz CT molecular complexity index is 1040. The normalized spacial score (nSPS) is 17.0. The molecule has 0 N–H and O–H groups in total. The molecule has 1 radical (unpaired) electrons. The van der Waals surface area contributed by atoms with Crippen LogP contribution < -0.4 is 5.32 Å². The second-order valence-electron chi connectivity index (χ2n) is 8.27. The molecule has 0 bridgehead atoms. The molecular formula is C25H27N2O. The number of carbonyl (C=O) groups is 1. The molecule has 3 heteroatoms. The second-order valence-corrected chi connectivity index (χ2v) is 8.27. The summed E-state index contributed by atoms with van der Waals surface area (Å²) < 4.78 is 2.50. The van der Waals surface area contributed by atoms with Crippen LogP contribution in [-0.2, 0) is 13.0 Å². The number of aromatic nitrogens is 1. The third-order valence-corrected chi connectivity index (χ3v) is 6.67. The average molecular weight is 372 g/mol. The van der Waals surface area contributed by atoms with E-state index >= 15 is 0 Å². The maximum Gasteiger partial charge on any atom is 0.272 e. The first-order valence-corrected chi connectivity index (χ1v) is 10.7. The van der Waals surface area contributed by atoms with Crippen molar-refractivity contribution < 1.29 is 4.79 Å². The minimum absolute atomic E-state index is 0.134. The van der Waals surface area contributed by atoms with E-state index in [4.69, 9.17) is 0 Å². The first-order valence-electron chi connectivity index (χ1n) is 10.7. The number of hydrogen-bond acceptors (Lipinski definition) is 1. The molecule has 2 aromatic carbocycles. The highest BCUT2D eigenvalue weighted by Crippen LogP contribution is 2.46. The summed E-state index contributed by atoms with van der Waals surface area (Å²) in [5, 5.41) is 5.22. The largest absolute Gasteiger partial charge is 0.340 e. The Kier molecular flexibility index (Phi) is 4.46. The van der Waals surface area contributed by atoms with Gasteiger partial charge in [0.05, 0.1) is 5.69 Å². The van der Waals surface area contributed by atoms with Gasteiger partial charge in [-0.25, -0.2) is 0 Å². The van der Waals surface area contributed by atoms with E-state index in [9.17, 15) is 4.79 Å². The summed E-state index contributed by atoms with van der Waals surface area (Å²) in [6.07, 6.45) is 8.81. The van der Waals surface area contributed by atoms with Crippen LogP contribution in [0.25, 0.3) is 22.2 Å². The summed E-state index contributed by atoms with van der Waals surface area (Å²) in [5.74, 6) is 0.488. The molecule has 1 amide bonds. The number of rotatable bonds is 2. The van der Waals surface area contributed by atoms with Gasteiger partial charge in [0.2, 0.25) is 0 Å². The van der Waals surface area contributed by atoms with Crippen molar-refractivity contribution in [2.75, 3.05) is 7.05 Å². The topological polar surface area (TPSA) is 36.1 Å². The van der Waals surface area contributed by atoms with Gasteiger partial charge in [-0.15, -0.1) is 0 Å². The summed E-state index contributed by atoms with van der Waals surface area (Å²) in [5.41, 5.74) is 7.69. The van der Waals surface area contributed by atoms with Gasteiger partial charge >= 0.3 is 0 Å². The van der Waals surface area contributed by atoms with Gasteiger partial charge in [0.25, 0.3) is 5.91 Å². The van der Waals surface area contributed by atoms with E-state index in [0.29, 0.717) is 11.5 Å². The van der Waals surface area contributed by atoms with E-state index in [0.717, 1.165) is 19.4 Å². The maximum absolute atomic E-state index is 12.2. The van der Waals surface area contributed by atoms with Gasteiger partial charge in [-0.2, -0.15) is 0 Å². The van der Waals surface area contributed by atoms with Crippen molar-refractivity contribution >= 4 is 16.8 Å². The average Bonchev–Trinajstić information content (AvgIpc) is 2.95. The molecule has 2 aliphatic rings. The van der Waals surface area contributed by atoms with E-state index in [1.807, 2.05) is 6.07 Å². The Labute approximate surface area is 166 Å². The highest BCUT2D eigenvalue weighted by molar-refractivity contribution is 6.00. The number of hydrogen-bond donors (Lipinski definition) is 0. The number of amides is 1. The quantitative estimate of drug-likeness (QED) is 0.571. The zero-order valence-electron chi connectivity index (χ0n) is 16.6. The van der Waals surface area contributed by atoms with E-state index in [1.54, 1.807) is 7.05 Å². The van der Waals surface area contributed by atoms with Crippen LogP contribution in [-0.4, -0.2) is 17.5 Å². The molecule has 0 atom stereocenters. The summed E-state index contributed by atoms with van der Waals surface area (Å²) >= 11 is 0. The van der Waals surface area contributed by atoms with Crippen molar-refractivity contribution in [1.82, 2.24) is 9.88 Å². The van der Waals surface area contributed by atoms with Crippen LogP contribution in [0.15, 0.2) is 42.5 Å². The lowest BCUT2D eigenvalue weighted by molar-refractivity contribution is 0.0959. The summed E-state index contributed by atoms with van der Waals surface area (Å²) in [4.78, 5) is 12.2. The van der Waals surface area contributed by atoms with Gasteiger partial charge in [-0.3, -0.25) is 10.1 Å². The van der Waals surface area contributed by atoms with Crippen molar-refractivity contribution in [1.29, 1.82) is 0 Å². The van der Waals surface area contributed by atoms with Crippen LogP contribution in [0.5, 0.6) is 0 Å². The number of fused-ring (bicyclic) bond motifs is 5. The summed E-state index contributed by atoms with van der Waals surface area (Å²) in [6.45, 7) is 1.01. The lowest BCUT2D eigenvalue weighted by atomic mass is 9.81. The maximum atomic E-state index is 12.2. The fraction of sp³-hybridized carbons (Fsp3) is 0.400. The van der Waals surface area contributed by atoms with Crippen LogP contribution in [0.2, 0.25) is 0 Å². The molecule has 0 unspecified atom stereocenters. The van der Waals surface area contributed by atoms with Gasteiger partial charge in [0.15, 0.2) is 0 Å². The minimum atomic E-state index is -0.134. The fourth-order valence-electron chi connectivity index (χ4n) is 5.36. The number of nitrogens with zero attached hydrogens (tertiary/aromatic N) is 2. The van der Waals surface area contributed by atoms with Gasteiger partial charge in [-0.1, -0.05) is 49.6 Å². The number of carbonyl (C=O) groups excluding carboxylic acids is 1. The molecule has 3 aromatic rings. The van der Waals surface area contributed by atoms with Crippen LogP contribution in [0.3, 0.4) is 0 Å². The lowest BCUT2D eigenvalue weighted by Gasteiger charge is -2.24. The third-order valence-electron chi connectivity index (χ3n) is 6.67. The van der Waals surface area contributed by atoms with Crippen molar-refractivity contribution in [3.63, 3.8) is 0 Å². The van der Waals surface area contributed by atoms with E-state index in [2.05, 4.69) is 46.3 Å². The molecule has 28 heavy (non-hydrogen) atoms. The lowest BCUT2D eigenvalue weighted by Crippen LogP contribution is -2.10. The first kappa shape index (κ1) is 17.5.